The first kappa shape index (κ1) is 17.9. The Bertz CT molecular complexity index is 1090. The number of carbonyl (C=O) groups excluding carboxylic acids is 1. The first-order valence-electron chi connectivity index (χ1n) is 8.50. The highest BCUT2D eigenvalue weighted by atomic mass is 79.9. The van der Waals surface area contributed by atoms with Crippen LogP contribution in [-0.2, 0) is 0 Å². The minimum Gasteiger partial charge on any atom is -0.416 e. The molecule has 0 radical (unpaired) electrons. The summed E-state index contributed by atoms with van der Waals surface area (Å²) >= 11 is 3.36. The molecule has 0 saturated heterocycles. The van der Waals surface area contributed by atoms with E-state index in [9.17, 15) is 4.79 Å². The first-order chi connectivity index (χ1) is 13.7. The van der Waals surface area contributed by atoms with Gasteiger partial charge in [-0.3, -0.25) is 0 Å². The molecule has 0 aliphatic rings. The van der Waals surface area contributed by atoms with E-state index < -0.39 is 0 Å². The van der Waals surface area contributed by atoms with Gasteiger partial charge in [0.05, 0.1) is 0 Å². The summed E-state index contributed by atoms with van der Waals surface area (Å²) in [6, 6.07) is 23.8. The van der Waals surface area contributed by atoms with Gasteiger partial charge in [0.25, 0.3) is 0 Å². The number of amides is 2. The number of urea groups is 1. The van der Waals surface area contributed by atoms with E-state index in [0.29, 0.717) is 23.2 Å². The van der Waals surface area contributed by atoms with Crippen LogP contribution in [0.5, 0.6) is 0 Å². The van der Waals surface area contributed by atoms with E-state index in [-0.39, 0.29) is 6.03 Å². The van der Waals surface area contributed by atoms with Gasteiger partial charge in [0.15, 0.2) is 0 Å². The van der Waals surface area contributed by atoms with E-state index in [0.717, 1.165) is 15.6 Å². The molecule has 3 aromatic carbocycles. The number of nitrogens with one attached hydrogen (secondary N) is 2. The van der Waals surface area contributed by atoms with Gasteiger partial charge in [-0.15, -0.1) is 10.2 Å². The number of anilines is 2. The second kappa shape index (κ2) is 8.06. The number of rotatable bonds is 4. The lowest BCUT2D eigenvalue weighted by molar-refractivity contribution is 0.262. The normalized spacial score (nSPS) is 10.5. The van der Waals surface area contributed by atoms with Gasteiger partial charge in [-0.05, 0) is 54.6 Å². The Morgan fingerprint density at radius 2 is 1.39 bits per heavy atom. The van der Waals surface area contributed by atoms with E-state index in [2.05, 4.69) is 36.8 Å². The molecule has 28 heavy (non-hydrogen) atoms. The molecule has 7 heteroatoms. The largest absolute Gasteiger partial charge is 0.416 e. The van der Waals surface area contributed by atoms with Crippen molar-refractivity contribution in [2.24, 2.45) is 0 Å². The standard InChI is InChI=1S/C21H15BrN4O2/c22-16-9-11-17(12-10-16)23-21(27)24-18-8-4-7-15(13-18)20-26-25-19(28-20)14-5-2-1-3-6-14/h1-13H,(H2,23,24,27). The molecule has 0 spiro atoms. The molecular formula is C21H15BrN4O2. The van der Waals surface area contributed by atoms with Crippen molar-refractivity contribution in [2.75, 3.05) is 10.6 Å². The van der Waals surface area contributed by atoms with Gasteiger partial charge in [0.2, 0.25) is 11.8 Å². The second-order valence-corrected chi connectivity index (χ2v) is 6.86. The summed E-state index contributed by atoms with van der Waals surface area (Å²) in [5, 5.41) is 13.8. The predicted octanol–water partition coefficient (Wildman–Crippen LogP) is 5.81. The average Bonchev–Trinajstić information content (AvgIpc) is 3.21. The van der Waals surface area contributed by atoms with Crippen molar-refractivity contribution in [3.63, 3.8) is 0 Å². The Hall–Kier alpha value is -3.45. The average molecular weight is 435 g/mol. The summed E-state index contributed by atoms with van der Waals surface area (Å²) in [7, 11) is 0. The van der Waals surface area contributed by atoms with Crippen LogP contribution in [-0.4, -0.2) is 16.2 Å². The Labute approximate surface area is 169 Å². The monoisotopic (exact) mass is 434 g/mol. The molecule has 0 fully saturated rings. The lowest BCUT2D eigenvalue weighted by Gasteiger charge is -2.08. The van der Waals surface area contributed by atoms with Crippen LogP contribution in [0.25, 0.3) is 22.9 Å². The predicted molar refractivity (Wildman–Crippen MR) is 112 cm³/mol. The van der Waals surface area contributed by atoms with Crippen LogP contribution in [0.15, 0.2) is 87.8 Å². The maximum absolute atomic E-state index is 12.2. The third-order valence-electron chi connectivity index (χ3n) is 3.92. The molecule has 0 saturated carbocycles. The van der Waals surface area contributed by atoms with E-state index in [4.69, 9.17) is 4.42 Å². The Morgan fingerprint density at radius 3 is 2.14 bits per heavy atom. The highest BCUT2D eigenvalue weighted by Crippen LogP contribution is 2.25. The zero-order valence-electron chi connectivity index (χ0n) is 14.6. The topological polar surface area (TPSA) is 80.0 Å². The van der Waals surface area contributed by atoms with Crippen LogP contribution in [0.3, 0.4) is 0 Å². The molecule has 2 amide bonds. The van der Waals surface area contributed by atoms with Gasteiger partial charge < -0.3 is 15.1 Å². The van der Waals surface area contributed by atoms with Crippen LogP contribution in [0.4, 0.5) is 16.2 Å². The number of halogens is 1. The minimum atomic E-state index is -0.338. The SMILES string of the molecule is O=C(Nc1ccc(Br)cc1)Nc1cccc(-c2nnc(-c3ccccc3)o2)c1. The van der Waals surface area contributed by atoms with E-state index in [1.165, 1.54) is 0 Å². The van der Waals surface area contributed by atoms with Gasteiger partial charge in [-0.25, -0.2) is 4.79 Å². The van der Waals surface area contributed by atoms with Crippen molar-refractivity contribution in [3.8, 4) is 22.9 Å². The Morgan fingerprint density at radius 1 is 0.750 bits per heavy atom. The zero-order chi connectivity index (χ0) is 19.3. The molecule has 4 aromatic rings. The van der Waals surface area contributed by atoms with Crippen LogP contribution >= 0.6 is 15.9 Å². The molecule has 0 bridgehead atoms. The van der Waals surface area contributed by atoms with Crippen molar-refractivity contribution in [1.82, 2.24) is 10.2 Å². The molecule has 0 unspecified atom stereocenters. The van der Waals surface area contributed by atoms with Crippen LogP contribution < -0.4 is 10.6 Å². The molecule has 1 aromatic heterocycles. The van der Waals surface area contributed by atoms with Gasteiger partial charge in [-0.1, -0.05) is 40.2 Å². The molecule has 6 nitrogen and oxygen atoms in total. The molecule has 0 atom stereocenters. The fraction of sp³-hybridized carbons (Fsp3) is 0. The molecule has 0 aliphatic heterocycles. The van der Waals surface area contributed by atoms with Gasteiger partial charge in [0.1, 0.15) is 0 Å². The molecule has 138 valence electrons. The van der Waals surface area contributed by atoms with Gasteiger partial charge in [0, 0.05) is 27.0 Å². The van der Waals surface area contributed by atoms with Crippen molar-refractivity contribution < 1.29 is 9.21 Å². The molecule has 4 rings (SSSR count). The quantitative estimate of drug-likeness (QED) is 0.424. The van der Waals surface area contributed by atoms with Gasteiger partial charge in [-0.2, -0.15) is 0 Å². The summed E-state index contributed by atoms with van der Waals surface area (Å²) in [5.74, 6) is 0.831. The lowest BCUT2D eigenvalue weighted by atomic mass is 10.2. The van der Waals surface area contributed by atoms with Crippen molar-refractivity contribution in [1.29, 1.82) is 0 Å². The van der Waals surface area contributed by atoms with Crippen molar-refractivity contribution in [3.05, 3.63) is 83.3 Å². The summed E-state index contributed by atoms with van der Waals surface area (Å²) < 4.78 is 6.71. The minimum absolute atomic E-state index is 0.338. The third kappa shape index (κ3) is 4.27. The Balaban J connectivity index is 1.48. The number of hydrogen-bond donors (Lipinski definition) is 2. The highest BCUT2D eigenvalue weighted by molar-refractivity contribution is 9.10. The zero-order valence-corrected chi connectivity index (χ0v) is 16.2. The molecule has 1 heterocycles. The van der Waals surface area contributed by atoms with Crippen LogP contribution in [0, 0.1) is 0 Å². The molecule has 0 aliphatic carbocycles. The maximum atomic E-state index is 12.2. The number of nitrogens with zero attached hydrogens (tertiary/aromatic N) is 2. The Kier molecular flexibility index (Phi) is 5.16. The van der Waals surface area contributed by atoms with E-state index in [1.807, 2.05) is 66.7 Å². The van der Waals surface area contributed by atoms with Crippen LogP contribution in [0.2, 0.25) is 0 Å². The second-order valence-electron chi connectivity index (χ2n) is 5.95. The fourth-order valence-corrected chi connectivity index (χ4v) is 2.86. The maximum Gasteiger partial charge on any atom is 0.323 e. The fourth-order valence-electron chi connectivity index (χ4n) is 2.59. The number of carbonyl (C=O) groups is 1. The summed E-state index contributed by atoms with van der Waals surface area (Å²) in [6.07, 6.45) is 0. The van der Waals surface area contributed by atoms with Crippen molar-refractivity contribution in [2.45, 2.75) is 0 Å². The smallest absolute Gasteiger partial charge is 0.323 e. The van der Waals surface area contributed by atoms with Crippen LogP contribution in [0.1, 0.15) is 0 Å². The van der Waals surface area contributed by atoms with E-state index in [1.54, 1.807) is 12.1 Å². The lowest BCUT2D eigenvalue weighted by Crippen LogP contribution is -2.19. The first-order valence-corrected chi connectivity index (χ1v) is 9.29. The summed E-state index contributed by atoms with van der Waals surface area (Å²) in [6.45, 7) is 0. The highest BCUT2D eigenvalue weighted by Gasteiger charge is 2.11. The molecular weight excluding hydrogens is 420 g/mol. The number of hydrogen-bond acceptors (Lipinski definition) is 4. The summed E-state index contributed by atoms with van der Waals surface area (Å²) in [5.41, 5.74) is 2.88. The number of benzene rings is 3. The summed E-state index contributed by atoms with van der Waals surface area (Å²) in [4.78, 5) is 12.2. The van der Waals surface area contributed by atoms with Gasteiger partial charge >= 0.3 is 6.03 Å². The van der Waals surface area contributed by atoms with Crippen molar-refractivity contribution >= 4 is 33.3 Å². The molecule has 2 N–H and O–H groups in total. The number of aromatic nitrogens is 2. The van der Waals surface area contributed by atoms with E-state index >= 15 is 0 Å². The third-order valence-corrected chi connectivity index (χ3v) is 4.44.